The molecule has 6 aliphatic rings. The number of urea groups is 1. The summed E-state index contributed by atoms with van der Waals surface area (Å²) in [5.41, 5.74) is 16.8. The van der Waals surface area contributed by atoms with Crippen LogP contribution in [0.15, 0.2) is 158 Å². The average Bonchev–Trinajstić information content (AvgIpc) is 0.907. The Bertz CT molecular complexity index is 5250. The van der Waals surface area contributed by atoms with Crippen LogP contribution in [0, 0.1) is 40.4 Å². The van der Waals surface area contributed by atoms with Gasteiger partial charge in [-0.25, -0.2) is 14.4 Å². The number of alkyl carbamates (subject to hydrolysis) is 1. The van der Waals surface area contributed by atoms with E-state index in [4.69, 9.17) is 34.2 Å². The Morgan fingerprint density at radius 1 is 0.500 bits per heavy atom. The molecular weight excluding hydrogens is 1630 g/mol. The molecule has 5 aliphatic carbocycles. The number of aryl methyl sites for hydroxylation is 2. The molecule has 0 unspecified atom stereocenters. The van der Waals surface area contributed by atoms with E-state index in [1.807, 2.05) is 135 Å². The number of anilines is 4. The minimum atomic E-state index is -1.10. The number of fused-ring (bicyclic) bond motifs is 11. The summed E-state index contributed by atoms with van der Waals surface area (Å²) in [7, 11) is 0. The Labute approximate surface area is 747 Å². The highest BCUT2D eigenvalue weighted by molar-refractivity contribution is 6.02. The molecule has 8 atom stereocenters. The molecule has 7 aromatic rings. The molecule has 2 saturated carbocycles. The summed E-state index contributed by atoms with van der Waals surface area (Å²) in [5.74, 6) is 2.69. The molecule has 28 heteroatoms. The number of carbonyl (C=O) groups excluding carboxylic acids is 11. The summed E-state index contributed by atoms with van der Waals surface area (Å²) in [4.78, 5) is 151. The number of para-hydroxylation sites is 1. The first-order valence-electron chi connectivity index (χ1n) is 44.8. The van der Waals surface area contributed by atoms with Crippen molar-refractivity contribution in [1.29, 1.82) is 0 Å². The minimum Gasteiger partial charge on any atom is -0.449 e. The number of primary amides is 1. The zero-order chi connectivity index (χ0) is 90.5. The number of ether oxygens (including phenoxy) is 6. The number of nitrogens with zero attached hydrogens (tertiary/aromatic N) is 1. The van der Waals surface area contributed by atoms with E-state index in [-0.39, 0.29) is 145 Å². The van der Waals surface area contributed by atoms with E-state index >= 15 is 9.59 Å². The van der Waals surface area contributed by atoms with E-state index < -0.39 is 75.6 Å². The number of nitrogens with two attached hydrogens (primary N) is 1. The quantitative estimate of drug-likeness (QED) is 0.00976. The topological polar surface area (TPSA) is 381 Å². The number of benzene rings is 7. The second-order valence-corrected chi connectivity index (χ2v) is 35.4. The van der Waals surface area contributed by atoms with Gasteiger partial charge in [-0.1, -0.05) is 169 Å². The number of carbonyl (C=O) groups is 11. The summed E-state index contributed by atoms with van der Waals surface area (Å²) >= 11 is 0. The number of rotatable bonds is 38. The van der Waals surface area contributed by atoms with E-state index in [0.717, 1.165) is 106 Å². The van der Waals surface area contributed by atoms with Crippen molar-refractivity contribution in [3.8, 4) is 23.0 Å². The lowest BCUT2D eigenvalue weighted by molar-refractivity contribution is -0.150. The summed E-state index contributed by atoms with van der Waals surface area (Å²) < 4.78 is 33.8. The highest BCUT2D eigenvalue weighted by Crippen LogP contribution is 2.60. The number of hydrogen-bond acceptors (Lipinski definition) is 17. The van der Waals surface area contributed by atoms with Gasteiger partial charge in [0, 0.05) is 66.5 Å². The smallest absolute Gasteiger partial charge is 0.411 e. The summed E-state index contributed by atoms with van der Waals surface area (Å²) in [6.45, 7) is 14.4. The lowest BCUT2D eigenvalue weighted by Crippen LogP contribution is -2.60. The van der Waals surface area contributed by atoms with Crippen LogP contribution in [0.5, 0.6) is 0 Å². The molecule has 128 heavy (non-hydrogen) atoms. The van der Waals surface area contributed by atoms with Gasteiger partial charge < -0.3 is 76.3 Å². The van der Waals surface area contributed by atoms with Crippen LogP contribution in [0.25, 0.3) is 11.1 Å². The molecule has 11 N–H and O–H groups in total. The monoisotopic (exact) mass is 1750 g/mol. The van der Waals surface area contributed by atoms with Crippen LogP contribution in [0.3, 0.4) is 0 Å². The van der Waals surface area contributed by atoms with Gasteiger partial charge in [0.05, 0.1) is 75.9 Å². The second kappa shape index (κ2) is 43.0. The number of amides is 12. The Balaban J connectivity index is 0.507. The Morgan fingerprint density at radius 2 is 1.05 bits per heavy atom. The number of nitrogens with one attached hydrogen (secondary N) is 9. The van der Waals surface area contributed by atoms with Crippen LogP contribution in [-0.2, 0) is 104 Å². The maximum atomic E-state index is 15.1. The second-order valence-electron chi connectivity index (χ2n) is 35.4. The molecule has 1 heterocycles. The SMILES string of the molecule is CC(C)[C@H](NC(=O)CCOCCOCCOCCOCCNC(=O)CCC(=O)N1Cc2ccccc2C#Cc2ccccc21)C(=O)N[C@@H](CCCNC(N)=O)C(=O)Nc1ccc(COC(=O)Nc2ccc3c(c2)[C@@]2(C)CCC[C@](C)(C(=O)NC(=O)[C@@]4(C)CCC[C@]5(C)c6cc(NC(=O)CNC(=O)OCC7c8ccccc8-c8ccccc87)ccc6CC[C@@H]45)[C@@H]2CC3)cc1. The third-order valence-corrected chi connectivity index (χ3v) is 26.6. The van der Waals surface area contributed by atoms with Crippen molar-refractivity contribution >= 4 is 88.2 Å². The first kappa shape index (κ1) is 93.4. The summed E-state index contributed by atoms with van der Waals surface area (Å²) in [6.07, 6.45) is 6.24. The number of imide groups is 1. The Kier molecular flexibility index (Phi) is 31.4. The maximum Gasteiger partial charge on any atom is 0.411 e. The predicted octanol–water partition coefficient (Wildman–Crippen LogP) is 12.6. The molecule has 13 rings (SSSR count). The lowest BCUT2D eigenvalue weighted by atomic mass is 9.49. The first-order valence-corrected chi connectivity index (χ1v) is 44.8. The van der Waals surface area contributed by atoms with Crippen LogP contribution in [0.1, 0.15) is 187 Å². The van der Waals surface area contributed by atoms with E-state index in [0.29, 0.717) is 73.9 Å². The molecule has 28 nitrogen and oxygen atoms in total. The average molecular weight is 1750 g/mol. The summed E-state index contributed by atoms with van der Waals surface area (Å²) in [5, 5.41) is 25.3. The van der Waals surface area contributed by atoms with Gasteiger partial charge >= 0.3 is 18.2 Å². The van der Waals surface area contributed by atoms with Gasteiger partial charge in [0.1, 0.15) is 31.8 Å². The molecule has 0 radical (unpaired) electrons. The first-order chi connectivity index (χ1) is 61.7. The zero-order valence-electron chi connectivity index (χ0n) is 73.9. The largest absolute Gasteiger partial charge is 0.449 e. The molecular formula is C100H119N11O17. The fraction of sp³-hybridized carbons (Fsp3) is 0.450. The van der Waals surface area contributed by atoms with Gasteiger partial charge in [0.15, 0.2) is 0 Å². The molecule has 12 amide bonds. The van der Waals surface area contributed by atoms with Gasteiger partial charge in [-0.3, -0.25) is 49.0 Å². The van der Waals surface area contributed by atoms with Crippen LogP contribution in [-0.4, -0.2) is 157 Å². The number of hydrogen-bond donors (Lipinski definition) is 10. The summed E-state index contributed by atoms with van der Waals surface area (Å²) in [6, 6.07) is 47.0. The molecule has 2 fully saturated rings. The van der Waals surface area contributed by atoms with Crippen LogP contribution in [0.2, 0.25) is 0 Å². The predicted molar refractivity (Wildman–Crippen MR) is 485 cm³/mol. The zero-order valence-corrected chi connectivity index (χ0v) is 73.9. The van der Waals surface area contributed by atoms with Gasteiger partial charge in [-0.2, -0.15) is 0 Å². The van der Waals surface area contributed by atoms with Crippen molar-refractivity contribution in [1.82, 2.24) is 31.9 Å². The molecule has 676 valence electrons. The van der Waals surface area contributed by atoms with Gasteiger partial charge in [-0.15, -0.1) is 0 Å². The maximum absolute atomic E-state index is 15.1. The van der Waals surface area contributed by atoms with Gasteiger partial charge in [0.25, 0.3) is 0 Å². The molecule has 0 bridgehead atoms. The fourth-order valence-electron chi connectivity index (χ4n) is 19.9. The highest BCUT2D eigenvalue weighted by atomic mass is 16.6. The standard InChI is InChI=1S/C100H119N11O17/c1-64(2)89(109-86(113)43-50-123-52-54-125-56-57-126-55-53-124-51-49-102-85(112)41-42-88(115)111-61-70-20-8-7-18-66(70)29-30-69-19-9-14-26-82(69)111)91(117)108-81(25-15-48-103-94(101)120)90(116)106-71-35-27-65(28-36-71)62-127-96(122)107-73-38-32-68-34-40-84-98(4,80(68)59-73)45-17-47-100(84,6)93(119)110-92(118)99(5)46-16-44-97(3)79-58-72(37-31-67(79)33-39-83(97)99)105-87(114)60-104-95(121)128-63-78-76-23-12-10-21-74(76)75-22-11-13-24-77(75)78/h7-14,18-24,26-28,31-32,35-38,58-59,64,78,81,83-84,89H,15-17,25,33-34,39-57,60-63H2,1-6H3,(H,102,112)(H,104,121)(H,105,114)(H,106,116)(H,107,122)(H,108,117)(H,109,113)(H3,101,103,120)(H,110,118,119)/t81-,83+,84+,89-,97+,98+,99-,100-/m0/s1. The molecule has 1 aliphatic heterocycles. The van der Waals surface area contributed by atoms with Crippen LogP contribution >= 0.6 is 0 Å². The van der Waals surface area contributed by atoms with Crippen molar-refractivity contribution in [3.05, 3.63) is 213 Å². The van der Waals surface area contributed by atoms with Crippen molar-refractivity contribution in [2.45, 2.75) is 180 Å². The van der Waals surface area contributed by atoms with Crippen molar-refractivity contribution in [2.24, 2.45) is 34.3 Å². The van der Waals surface area contributed by atoms with E-state index in [2.05, 4.69) is 85.7 Å². The van der Waals surface area contributed by atoms with Crippen molar-refractivity contribution in [2.75, 3.05) is 99.9 Å². The van der Waals surface area contributed by atoms with Crippen molar-refractivity contribution in [3.63, 3.8) is 0 Å². The third-order valence-electron chi connectivity index (χ3n) is 26.6. The Morgan fingerprint density at radius 3 is 1.67 bits per heavy atom. The molecule has 7 aromatic carbocycles. The van der Waals surface area contributed by atoms with Crippen LogP contribution < -0.4 is 58.5 Å². The highest BCUT2D eigenvalue weighted by Gasteiger charge is 2.59. The van der Waals surface area contributed by atoms with Crippen molar-refractivity contribution < 1.29 is 81.2 Å². The Hall–Kier alpha value is -12.3. The van der Waals surface area contributed by atoms with Gasteiger partial charge in [0.2, 0.25) is 47.3 Å². The van der Waals surface area contributed by atoms with E-state index in [9.17, 15) is 43.2 Å². The van der Waals surface area contributed by atoms with E-state index in [1.54, 1.807) is 43.0 Å². The molecule has 0 spiro atoms. The molecule has 0 aromatic heterocycles. The van der Waals surface area contributed by atoms with E-state index in [1.165, 1.54) is 0 Å². The van der Waals surface area contributed by atoms with Crippen LogP contribution in [0.4, 0.5) is 37.1 Å². The molecule has 0 saturated heterocycles. The minimum absolute atomic E-state index is 0.0270. The third kappa shape index (κ3) is 22.8. The lowest BCUT2D eigenvalue weighted by Gasteiger charge is -2.56. The normalized spacial score (nSPS) is 20.1. The van der Waals surface area contributed by atoms with Gasteiger partial charge in [-0.05, 0) is 203 Å². The fourth-order valence-corrected chi connectivity index (χ4v) is 19.9.